The molecule has 0 bridgehead atoms. The summed E-state index contributed by atoms with van der Waals surface area (Å²) in [6, 6.07) is 0. The first kappa shape index (κ1) is 39.7. The van der Waals surface area contributed by atoms with E-state index in [1.165, 1.54) is 96.3 Å². The molecule has 0 fully saturated rings. The van der Waals surface area contributed by atoms with Crippen LogP contribution in [0.1, 0.15) is 123 Å². The second-order valence-corrected chi connectivity index (χ2v) is 10.6. The van der Waals surface area contributed by atoms with Gasteiger partial charge in [-0.05, 0) is 12.8 Å². The van der Waals surface area contributed by atoms with Crippen LogP contribution in [0, 0.1) is 0 Å². The molecular weight excluding hydrogens is 508 g/mol. The molecule has 0 amide bonds. The Morgan fingerprint density at radius 2 is 0.375 bits per heavy atom. The van der Waals surface area contributed by atoms with Gasteiger partial charge < -0.3 is 33.2 Å². The van der Waals surface area contributed by atoms with Crippen LogP contribution in [-0.2, 0) is 33.2 Å². The molecule has 0 unspecified atom stereocenters. The van der Waals surface area contributed by atoms with E-state index in [0.29, 0.717) is 79.3 Å². The van der Waals surface area contributed by atoms with Crippen LogP contribution in [0.3, 0.4) is 0 Å². The van der Waals surface area contributed by atoms with E-state index < -0.39 is 0 Å². The zero-order valence-electron chi connectivity index (χ0n) is 26.8. The number of hydrogen-bond acceptors (Lipinski definition) is 7. The minimum atomic E-state index is 0.567. The summed E-state index contributed by atoms with van der Waals surface area (Å²) in [6.07, 6.45) is 22.8. The van der Waals surface area contributed by atoms with E-state index in [2.05, 4.69) is 13.8 Å². The summed E-state index contributed by atoms with van der Waals surface area (Å²) in [5.74, 6) is 0. The number of ether oxygens (including phenoxy) is 7. The Balaban J connectivity index is 3.01. The lowest BCUT2D eigenvalue weighted by Crippen LogP contribution is -2.14. The topological polar surface area (TPSA) is 64.6 Å². The van der Waals surface area contributed by atoms with Crippen LogP contribution in [0.4, 0.5) is 0 Å². The molecule has 0 aliphatic rings. The monoisotopic (exact) mass is 576 g/mol. The molecule has 7 heteroatoms. The lowest BCUT2D eigenvalue weighted by molar-refractivity contribution is -0.0206. The number of unbranched alkanes of at least 4 members (excludes halogenated alkanes) is 15. The summed E-state index contributed by atoms with van der Waals surface area (Å²) in [4.78, 5) is 0. The van der Waals surface area contributed by atoms with Crippen LogP contribution >= 0.6 is 0 Å². The van der Waals surface area contributed by atoms with Crippen molar-refractivity contribution in [3.63, 3.8) is 0 Å². The minimum Gasteiger partial charge on any atom is -0.379 e. The average molecular weight is 577 g/mol. The van der Waals surface area contributed by atoms with Crippen molar-refractivity contribution < 1.29 is 33.2 Å². The molecule has 0 aliphatic carbocycles. The van der Waals surface area contributed by atoms with E-state index >= 15 is 0 Å². The van der Waals surface area contributed by atoms with Crippen LogP contribution in [0.5, 0.6) is 0 Å². The predicted molar refractivity (Wildman–Crippen MR) is 166 cm³/mol. The first-order valence-corrected chi connectivity index (χ1v) is 17.0. The van der Waals surface area contributed by atoms with Crippen molar-refractivity contribution in [3.8, 4) is 0 Å². The number of hydrogen-bond donors (Lipinski definition) is 0. The van der Waals surface area contributed by atoms with Crippen LogP contribution < -0.4 is 0 Å². The van der Waals surface area contributed by atoms with Gasteiger partial charge >= 0.3 is 0 Å². The van der Waals surface area contributed by atoms with E-state index in [1.807, 2.05) is 0 Å². The Morgan fingerprint density at radius 1 is 0.200 bits per heavy atom. The van der Waals surface area contributed by atoms with Gasteiger partial charge in [-0.3, -0.25) is 0 Å². The number of rotatable bonds is 37. The van der Waals surface area contributed by atoms with Crippen LogP contribution in [0.2, 0.25) is 0 Å². The van der Waals surface area contributed by atoms with Crippen molar-refractivity contribution in [3.05, 3.63) is 0 Å². The standard InChI is InChI=1S/C33H68O7/c1-3-5-7-9-10-11-12-13-14-15-16-17-19-21-35-23-25-37-27-29-39-31-33-40-32-30-38-28-26-36-24-22-34-20-18-8-6-4-2/h3-33H2,1-2H3. The van der Waals surface area contributed by atoms with Crippen LogP contribution in [-0.4, -0.2) is 92.5 Å². The van der Waals surface area contributed by atoms with Crippen molar-refractivity contribution >= 4 is 0 Å². The van der Waals surface area contributed by atoms with Crippen molar-refractivity contribution in [1.82, 2.24) is 0 Å². The summed E-state index contributed by atoms with van der Waals surface area (Å²) < 4.78 is 38.8. The van der Waals surface area contributed by atoms with Gasteiger partial charge in [-0.2, -0.15) is 0 Å². The van der Waals surface area contributed by atoms with Crippen molar-refractivity contribution in [2.24, 2.45) is 0 Å². The first-order valence-electron chi connectivity index (χ1n) is 17.0. The molecule has 0 N–H and O–H groups in total. The molecule has 0 atom stereocenters. The molecule has 0 saturated heterocycles. The van der Waals surface area contributed by atoms with Gasteiger partial charge in [-0.15, -0.1) is 0 Å². The predicted octanol–water partition coefficient (Wildman–Crippen LogP) is 7.77. The van der Waals surface area contributed by atoms with Gasteiger partial charge in [-0.1, -0.05) is 110 Å². The summed E-state index contributed by atoms with van der Waals surface area (Å²) in [5, 5.41) is 0. The molecule has 0 aliphatic heterocycles. The molecule has 0 spiro atoms. The normalized spacial score (nSPS) is 11.6. The molecule has 0 radical (unpaired) electrons. The van der Waals surface area contributed by atoms with Gasteiger partial charge in [-0.25, -0.2) is 0 Å². The quantitative estimate of drug-likeness (QED) is 0.0700. The van der Waals surface area contributed by atoms with E-state index in [4.69, 9.17) is 33.2 Å². The van der Waals surface area contributed by atoms with Crippen LogP contribution in [0.15, 0.2) is 0 Å². The molecule has 7 nitrogen and oxygen atoms in total. The Hall–Kier alpha value is -0.280. The minimum absolute atomic E-state index is 0.567. The second-order valence-electron chi connectivity index (χ2n) is 10.6. The van der Waals surface area contributed by atoms with Gasteiger partial charge in [0.2, 0.25) is 0 Å². The third kappa shape index (κ3) is 37.7. The maximum atomic E-state index is 5.67. The lowest BCUT2D eigenvalue weighted by atomic mass is 10.0. The molecule has 0 rings (SSSR count). The second kappa shape index (κ2) is 38.7. The first-order chi connectivity index (χ1) is 19.9. The smallest absolute Gasteiger partial charge is 0.0701 e. The Labute approximate surface area is 248 Å². The Kier molecular flexibility index (Phi) is 38.4. The molecule has 0 aromatic heterocycles. The average Bonchev–Trinajstić information content (AvgIpc) is 2.97. The van der Waals surface area contributed by atoms with Gasteiger partial charge in [0, 0.05) is 13.2 Å². The largest absolute Gasteiger partial charge is 0.379 e. The maximum Gasteiger partial charge on any atom is 0.0701 e. The molecule has 40 heavy (non-hydrogen) atoms. The van der Waals surface area contributed by atoms with Gasteiger partial charge in [0.25, 0.3) is 0 Å². The summed E-state index contributed by atoms with van der Waals surface area (Å²) in [6.45, 7) is 13.4. The lowest BCUT2D eigenvalue weighted by Gasteiger charge is -2.08. The fourth-order valence-electron chi connectivity index (χ4n) is 4.27. The van der Waals surface area contributed by atoms with E-state index in [-0.39, 0.29) is 0 Å². The molecule has 242 valence electrons. The zero-order valence-corrected chi connectivity index (χ0v) is 26.8. The third-order valence-electron chi connectivity index (χ3n) is 6.77. The Morgan fingerprint density at radius 3 is 0.625 bits per heavy atom. The highest BCUT2D eigenvalue weighted by atomic mass is 16.6. The highest BCUT2D eigenvalue weighted by Gasteiger charge is 1.97. The van der Waals surface area contributed by atoms with Crippen LogP contribution in [0.25, 0.3) is 0 Å². The highest BCUT2D eigenvalue weighted by Crippen LogP contribution is 2.12. The van der Waals surface area contributed by atoms with Crippen molar-refractivity contribution in [2.75, 3.05) is 92.5 Å². The zero-order chi connectivity index (χ0) is 28.9. The SMILES string of the molecule is CCCCCCCCCCCCCCCOCCOCCOCCOCCOCCOCCOCCCCCC. The molecule has 0 aromatic rings. The summed E-state index contributed by atoms with van der Waals surface area (Å²) in [5.41, 5.74) is 0. The molecular formula is C33H68O7. The highest BCUT2D eigenvalue weighted by molar-refractivity contribution is 4.49. The molecule has 0 aromatic carbocycles. The fraction of sp³-hybridized carbons (Fsp3) is 1.00. The Bertz CT molecular complexity index is 388. The van der Waals surface area contributed by atoms with Crippen molar-refractivity contribution in [2.45, 2.75) is 123 Å². The summed E-state index contributed by atoms with van der Waals surface area (Å²) >= 11 is 0. The molecule has 0 heterocycles. The van der Waals surface area contributed by atoms with Crippen molar-refractivity contribution in [1.29, 1.82) is 0 Å². The summed E-state index contributed by atoms with van der Waals surface area (Å²) in [7, 11) is 0. The van der Waals surface area contributed by atoms with E-state index in [1.54, 1.807) is 0 Å². The molecule has 0 saturated carbocycles. The van der Waals surface area contributed by atoms with Gasteiger partial charge in [0.15, 0.2) is 0 Å². The van der Waals surface area contributed by atoms with Gasteiger partial charge in [0.1, 0.15) is 0 Å². The van der Waals surface area contributed by atoms with E-state index in [9.17, 15) is 0 Å². The maximum absolute atomic E-state index is 5.67. The fourth-order valence-corrected chi connectivity index (χ4v) is 4.27. The van der Waals surface area contributed by atoms with E-state index in [0.717, 1.165) is 26.1 Å². The van der Waals surface area contributed by atoms with Gasteiger partial charge in [0.05, 0.1) is 79.3 Å². The third-order valence-corrected chi connectivity index (χ3v) is 6.77.